The van der Waals surface area contributed by atoms with E-state index in [-0.39, 0.29) is 18.4 Å². The number of carbonyl (C=O) groups is 2. The topological polar surface area (TPSA) is 76.0 Å². The van der Waals surface area contributed by atoms with Gasteiger partial charge in [-0.15, -0.1) is 0 Å². The van der Waals surface area contributed by atoms with E-state index in [4.69, 9.17) is 0 Å². The highest BCUT2D eigenvalue weighted by Crippen LogP contribution is 2.26. The van der Waals surface area contributed by atoms with Gasteiger partial charge < -0.3 is 10.6 Å². The molecule has 2 N–H and O–H groups in total. The van der Waals surface area contributed by atoms with Crippen LogP contribution in [0.3, 0.4) is 0 Å². The van der Waals surface area contributed by atoms with Crippen LogP contribution in [-0.4, -0.2) is 34.7 Å². The van der Waals surface area contributed by atoms with E-state index in [1.165, 1.54) is 0 Å². The number of aromatic nitrogens is 2. The van der Waals surface area contributed by atoms with Crippen LogP contribution in [0.4, 0.5) is 0 Å². The second-order valence-corrected chi connectivity index (χ2v) is 6.12. The first kappa shape index (κ1) is 18.4. The quantitative estimate of drug-likeness (QED) is 0.708. The molecule has 0 saturated carbocycles. The first-order valence-corrected chi connectivity index (χ1v) is 8.86. The van der Waals surface area contributed by atoms with Gasteiger partial charge in [0, 0.05) is 18.3 Å². The molecule has 0 aliphatic rings. The predicted octanol–water partition coefficient (Wildman–Crippen LogP) is 2.71. The number of benzene rings is 2. The van der Waals surface area contributed by atoms with Gasteiger partial charge in [-0.1, -0.05) is 42.5 Å². The van der Waals surface area contributed by atoms with Gasteiger partial charge in [0.15, 0.2) is 0 Å². The van der Waals surface area contributed by atoms with Gasteiger partial charge >= 0.3 is 0 Å². The molecule has 0 aliphatic carbocycles. The summed E-state index contributed by atoms with van der Waals surface area (Å²) in [5, 5.41) is 9.99. The summed E-state index contributed by atoms with van der Waals surface area (Å²) in [5.41, 5.74) is 3.78. The van der Waals surface area contributed by atoms with Crippen molar-refractivity contribution in [3.05, 3.63) is 71.9 Å². The zero-order chi connectivity index (χ0) is 19.2. The number of likely N-dealkylation sites (N-methyl/N-ethyl adjacent to an activating group) is 1. The Morgan fingerprint density at radius 2 is 1.70 bits per heavy atom. The van der Waals surface area contributed by atoms with E-state index in [9.17, 15) is 9.59 Å². The molecule has 0 bridgehead atoms. The van der Waals surface area contributed by atoms with Crippen LogP contribution in [0.5, 0.6) is 0 Å². The fourth-order valence-corrected chi connectivity index (χ4v) is 2.81. The summed E-state index contributed by atoms with van der Waals surface area (Å²) >= 11 is 0. The lowest BCUT2D eigenvalue weighted by atomic mass is 10.0. The largest absolute Gasteiger partial charge is 0.355 e. The highest BCUT2D eigenvalue weighted by molar-refractivity contribution is 6.01. The zero-order valence-electron chi connectivity index (χ0n) is 15.4. The minimum Gasteiger partial charge on any atom is -0.355 e. The van der Waals surface area contributed by atoms with Crippen molar-refractivity contribution in [3.63, 3.8) is 0 Å². The maximum atomic E-state index is 12.8. The van der Waals surface area contributed by atoms with Crippen LogP contribution in [0.2, 0.25) is 0 Å². The van der Waals surface area contributed by atoms with Crippen molar-refractivity contribution in [2.45, 2.75) is 13.8 Å². The molecule has 6 heteroatoms. The molecule has 1 heterocycles. The first-order valence-electron chi connectivity index (χ1n) is 8.86. The van der Waals surface area contributed by atoms with Crippen LogP contribution in [0.25, 0.3) is 16.9 Å². The Bertz CT molecular complexity index is 948. The third-order valence-corrected chi connectivity index (χ3v) is 4.16. The molecule has 0 aliphatic heterocycles. The van der Waals surface area contributed by atoms with Crippen molar-refractivity contribution in [2.24, 2.45) is 0 Å². The number of hydrogen-bond acceptors (Lipinski definition) is 3. The molecule has 138 valence electrons. The molecule has 1 aromatic heterocycles. The fraction of sp³-hybridized carbons (Fsp3) is 0.190. The molecule has 27 heavy (non-hydrogen) atoms. The van der Waals surface area contributed by atoms with E-state index in [0.29, 0.717) is 17.8 Å². The van der Waals surface area contributed by atoms with Gasteiger partial charge in [0.1, 0.15) is 5.69 Å². The minimum absolute atomic E-state index is 0.0730. The van der Waals surface area contributed by atoms with Crippen LogP contribution in [-0.2, 0) is 4.79 Å². The summed E-state index contributed by atoms with van der Waals surface area (Å²) in [4.78, 5) is 24.4. The summed E-state index contributed by atoms with van der Waals surface area (Å²) in [6.07, 6.45) is 1.70. The van der Waals surface area contributed by atoms with Gasteiger partial charge in [0.25, 0.3) is 5.91 Å². The lowest BCUT2D eigenvalue weighted by Crippen LogP contribution is -2.36. The Balaban J connectivity index is 1.98. The van der Waals surface area contributed by atoms with Gasteiger partial charge in [0.2, 0.25) is 5.91 Å². The Morgan fingerprint density at radius 1 is 1.00 bits per heavy atom. The molecule has 0 radical (unpaired) electrons. The van der Waals surface area contributed by atoms with Crippen LogP contribution in [0.15, 0.2) is 60.8 Å². The number of nitrogens with zero attached hydrogens (tertiary/aromatic N) is 2. The van der Waals surface area contributed by atoms with Crippen LogP contribution < -0.4 is 10.6 Å². The summed E-state index contributed by atoms with van der Waals surface area (Å²) < 4.78 is 1.68. The van der Waals surface area contributed by atoms with Crippen molar-refractivity contribution >= 4 is 11.8 Å². The maximum absolute atomic E-state index is 12.8. The number of aryl methyl sites for hydroxylation is 1. The summed E-state index contributed by atoms with van der Waals surface area (Å²) in [5.74, 6) is -0.555. The normalized spacial score (nSPS) is 10.4. The molecule has 2 amide bonds. The van der Waals surface area contributed by atoms with E-state index >= 15 is 0 Å². The van der Waals surface area contributed by atoms with Crippen molar-refractivity contribution in [1.82, 2.24) is 20.4 Å². The van der Waals surface area contributed by atoms with Crippen molar-refractivity contribution in [1.29, 1.82) is 0 Å². The molecule has 3 aromatic rings. The molecule has 0 unspecified atom stereocenters. The van der Waals surface area contributed by atoms with E-state index in [1.807, 2.05) is 68.4 Å². The highest BCUT2D eigenvalue weighted by atomic mass is 16.2. The number of para-hydroxylation sites is 1. The van der Waals surface area contributed by atoms with E-state index in [0.717, 1.165) is 16.8 Å². The number of carbonyl (C=O) groups excluding carboxylic acids is 2. The van der Waals surface area contributed by atoms with Gasteiger partial charge in [-0.25, -0.2) is 4.68 Å². The van der Waals surface area contributed by atoms with Crippen LogP contribution in [0, 0.1) is 6.92 Å². The summed E-state index contributed by atoms with van der Waals surface area (Å²) in [6.45, 7) is 4.26. The second-order valence-electron chi connectivity index (χ2n) is 6.12. The molecule has 0 spiro atoms. The van der Waals surface area contributed by atoms with Crippen LogP contribution >= 0.6 is 0 Å². The maximum Gasteiger partial charge on any atom is 0.255 e. The Hall–Kier alpha value is -3.41. The van der Waals surface area contributed by atoms with Crippen molar-refractivity contribution in [2.75, 3.05) is 13.1 Å². The molecule has 0 fully saturated rings. The van der Waals surface area contributed by atoms with Gasteiger partial charge in [-0.2, -0.15) is 5.10 Å². The minimum atomic E-state index is -0.332. The Kier molecular flexibility index (Phi) is 5.66. The third kappa shape index (κ3) is 4.23. The number of amides is 2. The molecule has 0 atom stereocenters. The lowest BCUT2D eigenvalue weighted by Gasteiger charge is -2.07. The second kappa shape index (κ2) is 8.31. The highest BCUT2D eigenvalue weighted by Gasteiger charge is 2.20. The number of hydrogen-bond donors (Lipinski definition) is 2. The van der Waals surface area contributed by atoms with Gasteiger partial charge in [-0.3, -0.25) is 9.59 Å². The number of nitrogens with one attached hydrogen (secondary N) is 2. The number of rotatable bonds is 6. The molecule has 2 aromatic carbocycles. The van der Waals surface area contributed by atoms with Crippen molar-refractivity contribution in [3.8, 4) is 16.9 Å². The van der Waals surface area contributed by atoms with E-state index < -0.39 is 0 Å². The average Bonchev–Trinajstić information content (AvgIpc) is 3.13. The first-order chi connectivity index (χ1) is 13.1. The fourth-order valence-electron chi connectivity index (χ4n) is 2.81. The summed E-state index contributed by atoms with van der Waals surface area (Å²) in [6, 6.07) is 17.4. The van der Waals surface area contributed by atoms with Gasteiger partial charge in [-0.05, 0) is 31.5 Å². The van der Waals surface area contributed by atoms with Crippen molar-refractivity contribution < 1.29 is 9.59 Å². The monoisotopic (exact) mass is 362 g/mol. The average molecular weight is 362 g/mol. The standard InChI is InChI=1S/C21H22N4O2/c1-3-22-19(26)13-23-21(27)18-14-25(16-10-5-4-6-11-16)24-20(18)17-12-8-7-9-15(17)2/h4-12,14H,3,13H2,1-2H3,(H,22,26)(H,23,27). The molecule has 0 saturated heterocycles. The molecule has 6 nitrogen and oxygen atoms in total. The Morgan fingerprint density at radius 3 is 2.41 bits per heavy atom. The Labute approximate surface area is 158 Å². The van der Waals surface area contributed by atoms with E-state index in [2.05, 4.69) is 15.7 Å². The zero-order valence-corrected chi connectivity index (χ0v) is 15.4. The molecular weight excluding hydrogens is 340 g/mol. The third-order valence-electron chi connectivity index (χ3n) is 4.16. The van der Waals surface area contributed by atoms with E-state index in [1.54, 1.807) is 10.9 Å². The van der Waals surface area contributed by atoms with Gasteiger partial charge in [0.05, 0.1) is 17.8 Å². The predicted molar refractivity (Wildman–Crippen MR) is 105 cm³/mol. The molecular formula is C21H22N4O2. The summed E-state index contributed by atoms with van der Waals surface area (Å²) in [7, 11) is 0. The lowest BCUT2D eigenvalue weighted by molar-refractivity contribution is -0.120. The molecule has 3 rings (SSSR count). The smallest absolute Gasteiger partial charge is 0.255 e. The SMILES string of the molecule is CCNC(=O)CNC(=O)c1cn(-c2ccccc2)nc1-c1ccccc1C. The van der Waals surface area contributed by atoms with Crippen LogP contribution in [0.1, 0.15) is 22.8 Å².